The van der Waals surface area contributed by atoms with Gasteiger partial charge in [0, 0.05) is 6.07 Å². The third kappa shape index (κ3) is 2.00. The fourth-order valence-corrected chi connectivity index (χ4v) is 2.08. The summed E-state index contributed by atoms with van der Waals surface area (Å²) in [6.07, 6.45) is 1.35. The number of hydrogen-bond donors (Lipinski definition) is 1. The Morgan fingerprint density at radius 3 is 2.71 bits per heavy atom. The number of fused-ring (bicyclic) bond motifs is 1. The van der Waals surface area contributed by atoms with Gasteiger partial charge in [-0.15, -0.1) is 0 Å². The van der Waals surface area contributed by atoms with Crippen molar-refractivity contribution in [2.24, 2.45) is 0 Å². The zero-order valence-corrected chi connectivity index (χ0v) is 11.4. The second-order valence-electron chi connectivity index (χ2n) is 4.18. The van der Waals surface area contributed by atoms with Crippen LogP contribution in [0.4, 0.5) is 10.3 Å². The van der Waals surface area contributed by atoms with Crippen molar-refractivity contribution in [3.8, 4) is 17.3 Å². The topological polar surface area (TPSA) is 88.1 Å². The van der Waals surface area contributed by atoms with E-state index in [1.807, 2.05) is 0 Å². The molecular weight excluding hydrogens is 277 g/mol. The van der Waals surface area contributed by atoms with Crippen molar-refractivity contribution in [3.63, 3.8) is 0 Å². The smallest absolute Gasteiger partial charge is 0.245 e. The highest BCUT2D eigenvalue weighted by molar-refractivity contribution is 5.81. The third-order valence-corrected chi connectivity index (χ3v) is 3.02. The molecule has 3 rings (SSSR count). The minimum absolute atomic E-state index is 0.106. The predicted molar refractivity (Wildman–Crippen MR) is 74.1 cm³/mol. The van der Waals surface area contributed by atoms with Crippen LogP contribution < -0.4 is 15.2 Å². The molecule has 2 heterocycles. The molecule has 7 nitrogen and oxygen atoms in total. The molecule has 0 atom stereocenters. The summed E-state index contributed by atoms with van der Waals surface area (Å²) >= 11 is 0. The minimum Gasteiger partial charge on any atom is -0.494 e. The highest BCUT2D eigenvalue weighted by Crippen LogP contribution is 2.28. The van der Waals surface area contributed by atoms with Gasteiger partial charge < -0.3 is 15.2 Å². The Morgan fingerprint density at radius 2 is 2.00 bits per heavy atom. The molecule has 0 unspecified atom stereocenters. The zero-order valence-electron chi connectivity index (χ0n) is 11.4. The average Bonchev–Trinajstić information content (AvgIpc) is 2.83. The summed E-state index contributed by atoms with van der Waals surface area (Å²) < 4.78 is 25.2. The van der Waals surface area contributed by atoms with Crippen LogP contribution >= 0.6 is 0 Å². The summed E-state index contributed by atoms with van der Waals surface area (Å²) in [7, 11) is 2.88. The van der Waals surface area contributed by atoms with Gasteiger partial charge in [-0.05, 0) is 12.1 Å². The number of hydrogen-bond acceptors (Lipinski definition) is 6. The molecule has 0 fully saturated rings. The summed E-state index contributed by atoms with van der Waals surface area (Å²) in [5.74, 6) is 0.156. The van der Waals surface area contributed by atoms with Crippen LogP contribution in [0.15, 0.2) is 24.5 Å². The van der Waals surface area contributed by atoms with E-state index in [1.165, 1.54) is 32.7 Å². The first-order valence-corrected chi connectivity index (χ1v) is 6.02. The number of nitrogens with zero attached hydrogens (tertiary/aromatic N) is 4. The van der Waals surface area contributed by atoms with Crippen LogP contribution in [-0.2, 0) is 0 Å². The largest absolute Gasteiger partial charge is 0.494 e. The van der Waals surface area contributed by atoms with Gasteiger partial charge in [-0.25, -0.2) is 14.4 Å². The molecule has 2 N–H and O–H groups in total. The van der Waals surface area contributed by atoms with Crippen LogP contribution in [-0.4, -0.2) is 33.7 Å². The minimum atomic E-state index is -0.462. The fraction of sp³-hybridized carbons (Fsp3) is 0.154. The van der Waals surface area contributed by atoms with E-state index in [0.717, 1.165) is 0 Å². The summed E-state index contributed by atoms with van der Waals surface area (Å²) in [5.41, 5.74) is 7.41. The summed E-state index contributed by atoms with van der Waals surface area (Å²) in [6, 6.07) is 4.36. The van der Waals surface area contributed by atoms with Crippen molar-refractivity contribution in [1.29, 1.82) is 0 Å². The van der Waals surface area contributed by atoms with Crippen molar-refractivity contribution in [2.75, 3.05) is 20.0 Å². The molecule has 0 aliphatic rings. The number of aromatic nitrogens is 4. The summed E-state index contributed by atoms with van der Waals surface area (Å²) in [6.45, 7) is 0. The van der Waals surface area contributed by atoms with Gasteiger partial charge in [0.05, 0.1) is 19.9 Å². The number of nitrogens with two attached hydrogens (primary N) is 1. The van der Waals surface area contributed by atoms with E-state index in [4.69, 9.17) is 15.2 Å². The maximum absolute atomic E-state index is 13.5. The molecule has 0 radical (unpaired) electrons. The Labute approximate surface area is 119 Å². The van der Waals surface area contributed by atoms with Crippen molar-refractivity contribution in [3.05, 3.63) is 30.3 Å². The Morgan fingerprint density at radius 1 is 1.19 bits per heavy atom. The maximum atomic E-state index is 13.5. The Balaban J connectivity index is 2.27. The van der Waals surface area contributed by atoms with Crippen LogP contribution in [0.1, 0.15) is 0 Å². The van der Waals surface area contributed by atoms with E-state index in [9.17, 15) is 4.39 Å². The first-order valence-electron chi connectivity index (χ1n) is 6.02. The molecule has 21 heavy (non-hydrogen) atoms. The number of halogens is 1. The van der Waals surface area contributed by atoms with Crippen molar-refractivity contribution >= 4 is 17.1 Å². The highest BCUT2D eigenvalue weighted by atomic mass is 19.1. The molecule has 0 amide bonds. The lowest BCUT2D eigenvalue weighted by Gasteiger charge is -2.08. The quantitative estimate of drug-likeness (QED) is 0.787. The third-order valence-electron chi connectivity index (χ3n) is 3.02. The van der Waals surface area contributed by atoms with Gasteiger partial charge in [-0.1, -0.05) is 0 Å². The zero-order chi connectivity index (χ0) is 15.0. The monoisotopic (exact) mass is 289 g/mol. The van der Waals surface area contributed by atoms with Gasteiger partial charge in [0.1, 0.15) is 6.33 Å². The molecule has 0 saturated heterocycles. The van der Waals surface area contributed by atoms with E-state index in [2.05, 4.69) is 15.0 Å². The van der Waals surface area contributed by atoms with Crippen LogP contribution in [0, 0.1) is 5.82 Å². The summed E-state index contributed by atoms with van der Waals surface area (Å²) in [5, 5.41) is 0. The van der Waals surface area contributed by atoms with E-state index >= 15 is 0 Å². The van der Waals surface area contributed by atoms with E-state index in [-0.39, 0.29) is 11.7 Å². The second-order valence-corrected chi connectivity index (χ2v) is 4.18. The van der Waals surface area contributed by atoms with Crippen molar-refractivity contribution in [1.82, 2.24) is 19.5 Å². The Kier molecular flexibility index (Phi) is 3.05. The molecular formula is C13H12FN5O2. The molecule has 2 aromatic heterocycles. The number of ether oxygens (including phenoxy) is 2. The predicted octanol–water partition coefficient (Wildman–Crippen LogP) is 1.55. The first-order chi connectivity index (χ1) is 10.2. The first kappa shape index (κ1) is 13.1. The number of anilines is 1. The lowest BCUT2D eigenvalue weighted by atomic mass is 10.3. The Hall–Kier alpha value is -2.90. The van der Waals surface area contributed by atoms with Gasteiger partial charge in [0.15, 0.2) is 22.7 Å². The van der Waals surface area contributed by atoms with Crippen LogP contribution in [0.5, 0.6) is 11.6 Å². The van der Waals surface area contributed by atoms with E-state index in [1.54, 1.807) is 10.6 Å². The summed E-state index contributed by atoms with van der Waals surface area (Å²) in [4.78, 5) is 12.3. The molecule has 3 aromatic rings. The van der Waals surface area contributed by atoms with E-state index < -0.39 is 5.82 Å². The van der Waals surface area contributed by atoms with Crippen LogP contribution in [0.3, 0.4) is 0 Å². The van der Waals surface area contributed by atoms with Crippen molar-refractivity contribution < 1.29 is 13.9 Å². The molecule has 0 aliphatic carbocycles. The fourth-order valence-electron chi connectivity index (χ4n) is 2.08. The molecule has 0 aliphatic heterocycles. The molecule has 0 saturated carbocycles. The van der Waals surface area contributed by atoms with Gasteiger partial charge in [0.2, 0.25) is 11.8 Å². The lowest BCUT2D eigenvalue weighted by molar-refractivity contribution is 0.386. The lowest BCUT2D eigenvalue weighted by Crippen LogP contribution is -2.02. The van der Waals surface area contributed by atoms with Crippen LogP contribution in [0.25, 0.3) is 16.9 Å². The normalized spacial score (nSPS) is 10.8. The van der Waals surface area contributed by atoms with E-state index in [0.29, 0.717) is 22.7 Å². The second kappa shape index (κ2) is 4.89. The maximum Gasteiger partial charge on any atom is 0.245 e. The number of benzene rings is 1. The van der Waals surface area contributed by atoms with Gasteiger partial charge in [-0.3, -0.25) is 4.57 Å². The Bertz CT molecular complexity index is 818. The molecule has 0 bridgehead atoms. The van der Waals surface area contributed by atoms with Crippen molar-refractivity contribution in [2.45, 2.75) is 0 Å². The number of methoxy groups -OCH3 is 2. The van der Waals surface area contributed by atoms with Gasteiger partial charge >= 0.3 is 0 Å². The highest BCUT2D eigenvalue weighted by Gasteiger charge is 2.17. The number of nitrogen functional groups attached to an aromatic ring is 1. The number of imidazole rings is 1. The van der Waals surface area contributed by atoms with Gasteiger partial charge in [0.25, 0.3) is 0 Å². The standard InChI is InChI=1S/C13H12FN5O2/c1-20-9-5-7(3-4-8(9)14)19-11-10(18-13(19)15)12(21-2)17-6-16-11/h3-6H,1-2H3,(H2,15,18). The van der Waals surface area contributed by atoms with Crippen LogP contribution in [0.2, 0.25) is 0 Å². The molecule has 0 spiro atoms. The molecule has 1 aromatic carbocycles. The SMILES string of the molecule is COc1cc(-n2c(N)nc3c(OC)ncnc32)ccc1F. The average molecular weight is 289 g/mol. The van der Waals surface area contributed by atoms with Gasteiger partial charge in [-0.2, -0.15) is 4.98 Å². The molecule has 8 heteroatoms. The molecule has 108 valence electrons. The number of rotatable bonds is 3.